The van der Waals surface area contributed by atoms with Crippen molar-refractivity contribution < 1.29 is 9.18 Å². The molecule has 0 aliphatic carbocycles. The fourth-order valence-electron chi connectivity index (χ4n) is 1.71. The molecule has 6 heteroatoms. The average molecular weight is 316 g/mol. The maximum absolute atomic E-state index is 13.7. The number of amides is 1. The minimum atomic E-state index is -0.618. The van der Waals surface area contributed by atoms with E-state index in [2.05, 4.69) is 10.3 Å². The fraction of sp³-hybridized carbons (Fsp3) is 0.0625. The molecule has 1 heterocycles. The lowest BCUT2D eigenvalue weighted by Crippen LogP contribution is -2.24. The van der Waals surface area contributed by atoms with Gasteiger partial charge in [-0.1, -0.05) is 23.7 Å². The van der Waals surface area contributed by atoms with Gasteiger partial charge < -0.3 is 5.32 Å². The molecule has 0 atom stereocenters. The van der Waals surface area contributed by atoms with E-state index in [0.29, 0.717) is 5.69 Å². The highest BCUT2D eigenvalue weighted by molar-refractivity contribution is 6.32. The highest BCUT2D eigenvalue weighted by Gasteiger charge is 2.12. The van der Waals surface area contributed by atoms with Gasteiger partial charge in [-0.3, -0.25) is 9.78 Å². The maximum Gasteiger partial charge on any atom is 0.262 e. The van der Waals surface area contributed by atoms with E-state index in [9.17, 15) is 9.18 Å². The number of carbonyl (C=O) groups excluding carboxylic acids is 1. The number of nitriles is 1. The van der Waals surface area contributed by atoms with Gasteiger partial charge in [0.25, 0.3) is 5.91 Å². The van der Waals surface area contributed by atoms with Gasteiger partial charge in [0.15, 0.2) is 0 Å². The summed E-state index contributed by atoms with van der Waals surface area (Å²) < 4.78 is 13.7. The summed E-state index contributed by atoms with van der Waals surface area (Å²) in [4.78, 5) is 16.0. The van der Waals surface area contributed by atoms with Gasteiger partial charge in [0.05, 0.1) is 17.3 Å². The van der Waals surface area contributed by atoms with Crippen LogP contribution in [0.5, 0.6) is 0 Å². The Labute approximate surface area is 131 Å². The third-order valence-electron chi connectivity index (χ3n) is 2.81. The van der Waals surface area contributed by atoms with Crippen molar-refractivity contribution in [3.8, 4) is 6.07 Å². The monoisotopic (exact) mass is 315 g/mol. The molecule has 4 nitrogen and oxygen atoms in total. The van der Waals surface area contributed by atoms with Gasteiger partial charge in [0, 0.05) is 11.8 Å². The molecule has 0 aliphatic rings. The van der Waals surface area contributed by atoms with E-state index < -0.39 is 11.7 Å². The van der Waals surface area contributed by atoms with Gasteiger partial charge in [-0.2, -0.15) is 5.26 Å². The van der Waals surface area contributed by atoms with E-state index in [0.717, 1.165) is 6.08 Å². The van der Waals surface area contributed by atoms with Crippen molar-refractivity contribution in [1.29, 1.82) is 5.26 Å². The maximum atomic E-state index is 13.7. The van der Waals surface area contributed by atoms with Crippen LogP contribution < -0.4 is 5.32 Å². The number of nitrogens with one attached hydrogen (secondary N) is 1. The van der Waals surface area contributed by atoms with Gasteiger partial charge in [-0.05, 0) is 30.3 Å². The third kappa shape index (κ3) is 3.90. The second-order valence-electron chi connectivity index (χ2n) is 4.31. The fourth-order valence-corrected chi connectivity index (χ4v) is 1.93. The van der Waals surface area contributed by atoms with Gasteiger partial charge in [0.1, 0.15) is 17.5 Å². The molecule has 2 rings (SSSR count). The Morgan fingerprint density at radius 1 is 1.36 bits per heavy atom. The van der Waals surface area contributed by atoms with E-state index >= 15 is 0 Å². The smallest absolute Gasteiger partial charge is 0.262 e. The first-order valence-electron chi connectivity index (χ1n) is 6.35. The summed E-state index contributed by atoms with van der Waals surface area (Å²) in [6.45, 7) is 0.170. The molecule has 1 N–H and O–H groups in total. The quantitative estimate of drug-likeness (QED) is 0.696. The number of hydrogen-bond donors (Lipinski definition) is 1. The summed E-state index contributed by atoms with van der Waals surface area (Å²) in [6.07, 6.45) is 2.73. The highest BCUT2D eigenvalue weighted by Crippen LogP contribution is 2.21. The lowest BCUT2D eigenvalue weighted by atomic mass is 10.1. The largest absolute Gasteiger partial charge is 0.346 e. The summed E-state index contributed by atoms with van der Waals surface area (Å²) in [6, 6.07) is 11.2. The predicted molar refractivity (Wildman–Crippen MR) is 81.1 cm³/mol. The molecule has 0 unspecified atom stereocenters. The molecule has 0 aliphatic heterocycles. The van der Waals surface area contributed by atoms with Crippen LogP contribution in [0.15, 0.2) is 48.2 Å². The van der Waals surface area contributed by atoms with Crippen LogP contribution in [0, 0.1) is 17.1 Å². The SMILES string of the molecule is N#CC(=Cc1c(F)cccc1Cl)C(=O)NCc1ccccn1. The molecule has 1 aromatic carbocycles. The van der Waals surface area contributed by atoms with Crippen LogP contribution in [-0.2, 0) is 11.3 Å². The summed E-state index contributed by atoms with van der Waals surface area (Å²) in [5.74, 6) is -1.22. The Morgan fingerprint density at radius 3 is 2.82 bits per heavy atom. The molecular weight excluding hydrogens is 305 g/mol. The number of aromatic nitrogens is 1. The van der Waals surface area contributed by atoms with E-state index in [1.54, 1.807) is 30.5 Å². The van der Waals surface area contributed by atoms with Crippen molar-refractivity contribution in [2.75, 3.05) is 0 Å². The summed E-state index contributed by atoms with van der Waals surface area (Å²) in [7, 11) is 0. The molecule has 0 bridgehead atoms. The van der Waals surface area contributed by atoms with Gasteiger partial charge in [-0.15, -0.1) is 0 Å². The molecule has 2 aromatic rings. The zero-order valence-corrected chi connectivity index (χ0v) is 12.1. The van der Waals surface area contributed by atoms with Crippen molar-refractivity contribution in [2.24, 2.45) is 0 Å². The van der Waals surface area contributed by atoms with Crippen LogP contribution >= 0.6 is 11.6 Å². The molecule has 0 spiro atoms. The molecule has 0 fully saturated rings. The zero-order chi connectivity index (χ0) is 15.9. The van der Waals surface area contributed by atoms with Crippen molar-refractivity contribution in [1.82, 2.24) is 10.3 Å². The number of hydrogen-bond acceptors (Lipinski definition) is 3. The Balaban J connectivity index is 2.16. The van der Waals surface area contributed by atoms with Crippen molar-refractivity contribution in [2.45, 2.75) is 6.54 Å². The molecule has 1 amide bonds. The average Bonchev–Trinajstić information content (AvgIpc) is 2.53. The molecular formula is C16H11ClFN3O. The first kappa shape index (κ1) is 15.7. The van der Waals surface area contributed by atoms with Crippen molar-refractivity contribution in [3.05, 3.63) is 70.3 Å². The number of pyridine rings is 1. The summed E-state index contributed by atoms with van der Waals surface area (Å²) in [5.41, 5.74) is 0.425. The van der Waals surface area contributed by atoms with Crippen LogP contribution in [0.1, 0.15) is 11.3 Å². The molecule has 0 saturated heterocycles. The van der Waals surface area contributed by atoms with Crippen LogP contribution in [0.2, 0.25) is 5.02 Å². The van der Waals surface area contributed by atoms with E-state index in [1.165, 1.54) is 18.2 Å². The van der Waals surface area contributed by atoms with Crippen LogP contribution in [-0.4, -0.2) is 10.9 Å². The van der Waals surface area contributed by atoms with Crippen LogP contribution in [0.3, 0.4) is 0 Å². The highest BCUT2D eigenvalue weighted by atomic mass is 35.5. The number of nitrogens with zero attached hydrogens (tertiary/aromatic N) is 2. The topological polar surface area (TPSA) is 65.8 Å². The lowest BCUT2D eigenvalue weighted by Gasteiger charge is -2.05. The number of carbonyl (C=O) groups is 1. The Morgan fingerprint density at radius 2 is 2.18 bits per heavy atom. The lowest BCUT2D eigenvalue weighted by molar-refractivity contribution is -0.117. The van der Waals surface area contributed by atoms with Crippen molar-refractivity contribution in [3.63, 3.8) is 0 Å². The molecule has 22 heavy (non-hydrogen) atoms. The second-order valence-corrected chi connectivity index (χ2v) is 4.72. The van der Waals surface area contributed by atoms with Crippen molar-refractivity contribution >= 4 is 23.6 Å². The molecule has 1 aromatic heterocycles. The second kappa shape index (κ2) is 7.34. The standard InChI is InChI=1S/C16H11ClFN3O/c17-14-5-3-6-15(18)13(14)8-11(9-19)16(22)21-10-12-4-1-2-7-20-12/h1-8H,10H2,(H,21,22). The van der Waals surface area contributed by atoms with Crippen LogP contribution in [0.25, 0.3) is 6.08 Å². The molecule has 0 saturated carbocycles. The molecule has 0 radical (unpaired) electrons. The number of halogens is 2. The normalized spacial score (nSPS) is 10.9. The number of benzene rings is 1. The molecule has 110 valence electrons. The van der Waals surface area contributed by atoms with E-state index in [-0.39, 0.29) is 22.7 Å². The predicted octanol–water partition coefficient (Wildman–Crippen LogP) is 3.10. The minimum absolute atomic E-state index is 0.00806. The summed E-state index contributed by atoms with van der Waals surface area (Å²) >= 11 is 5.87. The first-order chi connectivity index (χ1) is 10.6. The third-order valence-corrected chi connectivity index (χ3v) is 3.14. The van der Waals surface area contributed by atoms with E-state index in [1.807, 2.05) is 0 Å². The van der Waals surface area contributed by atoms with Gasteiger partial charge in [-0.25, -0.2) is 4.39 Å². The Bertz CT molecular complexity index is 733. The van der Waals surface area contributed by atoms with Crippen LogP contribution in [0.4, 0.5) is 4.39 Å². The minimum Gasteiger partial charge on any atom is -0.346 e. The van der Waals surface area contributed by atoms with E-state index in [4.69, 9.17) is 16.9 Å². The summed E-state index contributed by atoms with van der Waals surface area (Å²) in [5, 5.41) is 11.8. The Kier molecular flexibility index (Phi) is 5.23. The zero-order valence-electron chi connectivity index (χ0n) is 11.4. The van der Waals surface area contributed by atoms with Gasteiger partial charge >= 0.3 is 0 Å². The number of rotatable bonds is 4. The Hall–Kier alpha value is -2.71. The van der Waals surface area contributed by atoms with Gasteiger partial charge in [0.2, 0.25) is 0 Å². The first-order valence-corrected chi connectivity index (χ1v) is 6.73.